The lowest BCUT2D eigenvalue weighted by Crippen LogP contribution is -2.55. The minimum Gasteiger partial charge on any atom is -0.382 e. The Morgan fingerprint density at radius 3 is 2.67 bits per heavy atom. The van der Waals surface area contributed by atoms with Crippen molar-refractivity contribution in [2.75, 3.05) is 18.1 Å². The number of nitrogens with zero attached hydrogens (tertiary/aromatic N) is 4. The van der Waals surface area contributed by atoms with Crippen LogP contribution in [0.4, 0.5) is 5.82 Å². The maximum atomic E-state index is 13.4. The number of amides is 3. The molecule has 244 valence electrons. The molecule has 12 heteroatoms. The highest BCUT2D eigenvalue weighted by Crippen LogP contribution is 2.31. The first kappa shape index (κ1) is 33.2. The van der Waals surface area contributed by atoms with E-state index >= 15 is 0 Å². The molecule has 11 nitrogen and oxygen atoms in total. The van der Waals surface area contributed by atoms with E-state index in [1.165, 1.54) is 37.4 Å². The summed E-state index contributed by atoms with van der Waals surface area (Å²) in [6.07, 6.45) is 8.08. The standard InChI is InChI=1S/C33H47N7O4S/c1-5-44-18-26-37-29-30(23-14-10-11-15-24(23)36-31(29)34)39(26)20-33(3,4)38-40-28(42)17-25(32(40)43)45-19-27(41)35-22-13-9-7-6-8-12-21(2)16-22/h10-11,14-15,21-22,25,38H,5-9,12-13,16-20H2,1-4H3,(H2,34,36)(H,35,41). The van der Waals surface area contributed by atoms with Gasteiger partial charge < -0.3 is 20.4 Å². The molecule has 45 heavy (non-hydrogen) atoms. The number of nitrogen functional groups attached to an aromatic ring is 1. The van der Waals surface area contributed by atoms with Crippen LogP contribution in [0.3, 0.4) is 0 Å². The molecule has 2 aliphatic rings. The Bertz CT molecular complexity index is 1540. The number of para-hydroxylation sites is 1. The molecule has 1 saturated heterocycles. The van der Waals surface area contributed by atoms with E-state index in [1.54, 1.807) is 0 Å². The van der Waals surface area contributed by atoms with E-state index in [4.69, 9.17) is 15.5 Å². The number of nitrogens with one attached hydrogen (secondary N) is 2. The highest BCUT2D eigenvalue weighted by Gasteiger charge is 2.42. The second-order valence-corrected chi connectivity index (χ2v) is 14.3. The van der Waals surface area contributed by atoms with Crippen LogP contribution in [0.25, 0.3) is 21.9 Å². The maximum absolute atomic E-state index is 13.4. The van der Waals surface area contributed by atoms with Crippen LogP contribution in [0, 0.1) is 5.92 Å². The van der Waals surface area contributed by atoms with Crippen molar-refractivity contribution in [3.8, 4) is 0 Å². The van der Waals surface area contributed by atoms with E-state index in [0.717, 1.165) is 40.7 Å². The van der Waals surface area contributed by atoms with E-state index in [1.807, 2.05) is 49.6 Å². The summed E-state index contributed by atoms with van der Waals surface area (Å²) < 4.78 is 7.78. The Hall–Kier alpha value is -3.22. The summed E-state index contributed by atoms with van der Waals surface area (Å²) in [6.45, 7) is 9.22. The van der Waals surface area contributed by atoms with Crippen molar-refractivity contribution in [2.24, 2.45) is 5.92 Å². The van der Waals surface area contributed by atoms with Gasteiger partial charge in [0.25, 0.3) is 5.91 Å². The average Bonchev–Trinajstić information content (AvgIpc) is 3.51. The van der Waals surface area contributed by atoms with Gasteiger partial charge in [-0.2, -0.15) is 0 Å². The van der Waals surface area contributed by atoms with E-state index in [2.05, 4.69) is 22.7 Å². The number of anilines is 1. The second kappa shape index (κ2) is 14.5. The van der Waals surface area contributed by atoms with E-state index < -0.39 is 10.8 Å². The number of imidazole rings is 1. The van der Waals surface area contributed by atoms with Crippen molar-refractivity contribution in [1.82, 2.24) is 30.3 Å². The van der Waals surface area contributed by atoms with Crippen LogP contribution in [0.1, 0.15) is 84.9 Å². The summed E-state index contributed by atoms with van der Waals surface area (Å²) in [5.74, 6) is 1.04. The summed E-state index contributed by atoms with van der Waals surface area (Å²) in [5, 5.41) is 4.63. The predicted molar refractivity (Wildman–Crippen MR) is 178 cm³/mol. The molecule has 3 unspecified atom stereocenters. The van der Waals surface area contributed by atoms with Crippen molar-refractivity contribution >= 4 is 57.2 Å². The van der Waals surface area contributed by atoms with E-state index in [-0.39, 0.29) is 42.5 Å². The Kier molecular flexibility index (Phi) is 10.7. The molecule has 3 heterocycles. The molecule has 2 fully saturated rings. The molecular weight excluding hydrogens is 590 g/mol. The molecule has 1 aliphatic carbocycles. The number of imide groups is 1. The fraction of sp³-hybridized carbons (Fsp3) is 0.606. The van der Waals surface area contributed by atoms with Crippen LogP contribution in [0.5, 0.6) is 0 Å². The van der Waals surface area contributed by atoms with Gasteiger partial charge in [0.05, 0.1) is 27.6 Å². The number of benzene rings is 1. The lowest BCUT2D eigenvalue weighted by molar-refractivity contribution is -0.144. The van der Waals surface area contributed by atoms with Gasteiger partial charge in [-0.25, -0.2) is 20.4 Å². The fourth-order valence-electron chi connectivity index (χ4n) is 6.50. The number of aromatic nitrogens is 3. The summed E-state index contributed by atoms with van der Waals surface area (Å²) >= 11 is 1.24. The Morgan fingerprint density at radius 1 is 1.13 bits per heavy atom. The number of fused-ring (bicyclic) bond motifs is 3. The van der Waals surface area contributed by atoms with Crippen LogP contribution in [-0.4, -0.2) is 66.5 Å². The molecule has 3 amide bonds. The molecule has 0 bridgehead atoms. The number of nitrogens with two attached hydrogens (primary N) is 1. The number of rotatable bonds is 11. The number of hydrogen-bond donors (Lipinski definition) is 3. The molecule has 0 radical (unpaired) electrons. The minimum atomic E-state index is -0.746. The Labute approximate surface area is 269 Å². The monoisotopic (exact) mass is 637 g/mol. The molecular formula is C33H47N7O4S. The highest BCUT2D eigenvalue weighted by atomic mass is 32.2. The van der Waals surface area contributed by atoms with Crippen LogP contribution >= 0.6 is 11.8 Å². The van der Waals surface area contributed by atoms with Crippen molar-refractivity contribution in [3.05, 3.63) is 30.1 Å². The number of hydrazine groups is 1. The first-order valence-corrected chi connectivity index (χ1v) is 17.3. The lowest BCUT2D eigenvalue weighted by atomic mass is 9.96. The van der Waals surface area contributed by atoms with Gasteiger partial charge in [0.2, 0.25) is 11.8 Å². The molecule has 5 rings (SSSR count). The lowest BCUT2D eigenvalue weighted by Gasteiger charge is -2.32. The second-order valence-electron chi connectivity index (χ2n) is 13.1. The average molecular weight is 638 g/mol. The number of carbonyl (C=O) groups is 3. The molecule has 3 atom stereocenters. The molecule has 4 N–H and O–H groups in total. The highest BCUT2D eigenvalue weighted by molar-refractivity contribution is 8.01. The zero-order chi connectivity index (χ0) is 32.1. The zero-order valence-corrected chi connectivity index (χ0v) is 27.8. The topological polar surface area (TPSA) is 144 Å². The summed E-state index contributed by atoms with van der Waals surface area (Å²) in [5.41, 5.74) is 11.0. The van der Waals surface area contributed by atoms with Crippen LogP contribution in [0.15, 0.2) is 24.3 Å². The van der Waals surface area contributed by atoms with Gasteiger partial charge >= 0.3 is 0 Å². The molecule has 2 aromatic heterocycles. The third-order valence-corrected chi connectivity index (χ3v) is 9.86. The van der Waals surface area contributed by atoms with Gasteiger partial charge in [-0.05, 0) is 45.6 Å². The predicted octanol–water partition coefficient (Wildman–Crippen LogP) is 4.71. The smallest absolute Gasteiger partial charge is 0.257 e. The number of carbonyl (C=O) groups excluding carboxylic acids is 3. The quantitative estimate of drug-likeness (QED) is 0.255. The molecule has 1 aliphatic heterocycles. The molecule has 1 saturated carbocycles. The normalized spacial score (nSPS) is 21.7. The van der Waals surface area contributed by atoms with Gasteiger partial charge in [0.15, 0.2) is 5.82 Å². The van der Waals surface area contributed by atoms with Gasteiger partial charge in [-0.15, -0.1) is 11.8 Å². The van der Waals surface area contributed by atoms with Gasteiger partial charge in [0, 0.05) is 31.0 Å². The Balaban J connectivity index is 1.26. The van der Waals surface area contributed by atoms with Crippen molar-refractivity contribution in [2.45, 2.75) is 109 Å². The molecule has 1 aromatic carbocycles. The number of hydrogen-bond acceptors (Lipinski definition) is 9. The number of thioether (sulfide) groups is 1. The third kappa shape index (κ3) is 7.96. The number of pyridine rings is 1. The van der Waals surface area contributed by atoms with Crippen molar-refractivity contribution in [3.63, 3.8) is 0 Å². The minimum absolute atomic E-state index is 0.0523. The van der Waals surface area contributed by atoms with Crippen LogP contribution in [0.2, 0.25) is 0 Å². The first-order chi connectivity index (χ1) is 21.6. The van der Waals surface area contributed by atoms with Gasteiger partial charge in [-0.1, -0.05) is 57.2 Å². The maximum Gasteiger partial charge on any atom is 0.257 e. The molecule has 0 spiro atoms. The summed E-state index contributed by atoms with van der Waals surface area (Å²) in [6, 6.07) is 7.92. The first-order valence-electron chi connectivity index (χ1n) is 16.2. The van der Waals surface area contributed by atoms with Crippen LogP contribution in [-0.2, 0) is 32.3 Å². The van der Waals surface area contributed by atoms with Gasteiger partial charge in [-0.3, -0.25) is 14.4 Å². The number of ether oxygens (including phenoxy) is 1. The van der Waals surface area contributed by atoms with Gasteiger partial charge in [0.1, 0.15) is 17.9 Å². The van der Waals surface area contributed by atoms with Crippen molar-refractivity contribution in [1.29, 1.82) is 0 Å². The van der Waals surface area contributed by atoms with Crippen molar-refractivity contribution < 1.29 is 19.1 Å². The molecule has 3 aromatic rings. The van der Waals surface area contributed by atoms with Crippen LogP contribution < -0.4 is 16.5 Å². The third-order valence-electron chi connectivity index (χ3n) is 8.66. The summed E-state index contributed by atoms with van der Waals surface area (Å²) in [4.78, 5) is 48.7. The fourth-order valence-corrected chi connectivity index (χ4v) is 7.44. The SMILES string of the molecule is CCOCc1nc2c(N)nc3ccccc3c2n1CC(C)(C)NN1C(=O)CC(SCC(=O)NC2CCCCCCC(C)C2)C1=O. The largest absolute Gasteiger partial charge is 0.382 e. The van der Waals surface area contributed by atoms with E-state index in [0.29, 0.717) is 36.2 Å². The van der Waals surface area contributed by atoms with E-state index in [9.17, 15) is 14.4 Å². The Morgan fingerprint density at radius 2 is 1.89 bits per heavy atom. The summed E-state index contributed by atoms with van der Waals surface area (Å²) in [7, 11) is 0. The zero-order valence-electron chi connectivity index (χ0n) is 26.9.